The van der Waals surface area contributed by atoms with Gasteiger partial charge in [0.2, 0.25) is 0 Å². The zero-order valence-electron chi connectivity index (χ0n) is 14.8. The Morgan fingerprint density at radius 3 is 1.96 bits per heavy atom. The number of carboxylic acid groups (broad SMARTS) is 1. The maximum absolute atomic E-state index is 12.5. The second-order valence-corrected chi connectivity index (χ2v) is 8.58. The first-order chi connectivity index (χ1) is 11.4. The monoisotopic (exact) mass is 354 g/mol. The minimum atomic E-state index is -3.82. The highest BCUT2D eigenvalue weighted by Crippen LogP contribution is 2.22. The van der Waals surface area contributed by atoms with Crippen LogP contribution in [-0.4, -0.2) is 24.7 Å². The predicted molar refractivity (Wildman–Crippen MR) is 97.0 cm³/mol. The Labute approximate surface area is 146 Å². The number of benzene rings is 1. The van der Waals surface area contributed by atoms with Crippen LogP contribution in [0.25, 0.3) is 0 Å². The van der Waals surface area contributed by atoms with Crippen molar-refractivity contribution >= 4 is 15.8 Å². The molecule has 0 aliphatic heterocycles. The number of unbranched alkanes of at least 4 members (excludes halogenated alkanes) is 7. The van der Waals surface area contributed by atoms with E-state index in [1.165, 1.54) is 37.8 Å². The van der Waals surface area contributed by atoms with Crippen LogP contribution in [0.2, 0.25) is 0 Å². The quantitative estimate of drug-likeness (QED) is 0.550. The molecule has 1 aromatic rings. The fraction of sp³-hybridized carbons (Fsp3) is 0.632. The Hall–Kier alpha value is -1.36. The van der Waals surface area contributed by atoms with Crippen molar-refractivity contribution in [1.29, 1.82) is 0 Å². The molecular weight excluding hydrogens is 324 g/mol. The maximum atomic E-state index is 12.5. The van der Waals surface area contributed by atoms with Crippen LogP contribution in [0.3, 0.4) is 0 Å². The standard InChI is InChI=1S/C19H30O4S/c1-3-4-5-6-7-8-9-10-11-18(19(20)21)24(22,23)17-14-12-16(2)13-15-17/h12-15,18H,3-11H2,1-2H3,(H,20,21). The fourth-order valence-corrected chi connectivity index (χ4v) is 4.35. The van der Waals surface area contributed by atoms with E-state index >= 15 is 0 Å². The minimum Gasteiger partial charge on any atom is -0.480 e. The molecule has 0 fully saturated rings. The summed E-state index contributed by atoms with van der Waals surface area (Å²) in [5.41, 5.74) is 0.948. The van der Waals surface area contributed by atoms with Gasteiger partial charge in [0.1, 0.15) is 0 Å². The van der Waals surface area contributed by atoms with Gasteiger partial charge in [-0.1, -0.05) is 76.0 Å². The molecule has 0 radical (unpaired) electrons. The molecule has 1 aromatic carbocycles. The summed E-state index contributed by atoms with van der Waals surface area (Å²) < 4.78 is 25.1. The number of aliphatic carboxylic acids is 1. The van der Waals surface area contributed by atoms with Gasteiger partial charge in [0, 0.05) is 0 Å². The molecule has 0 aliphatic rings. The highest BCUT2D eigenvalue weighted by Gasteiger charge is 2.33. The molecule has 0 aliphatic carbocycles. The van der Waals surface area contributed by atoms with Crippen molar-refractivity contribution in [3.63, 3.8) is 0 Å². The van der Waals surface area contributed by atoms with E-state index in [9.17, 15) is 18.3 Å². The van der Waals surface area contributed by atoms with Crippen LogP contribution < -0.4 is 0 Å². The van der Waals surface area contributed by atoms with Crippen LogP contribution in [0.5, 0.6) is 0 Å². The molecular formula is C19H30O4S. The van der Waals surface area contributed by atoms with Gasteiger partial charge in [-0.25, -0.2) is 8.42 Å². The minimum absolute atomic E-state index is 0.0973. The molecule has 0 bridgehead atoms. The van der Waals surface area contributed by atoms with Crippen molar-refractivity contribution in [3.05, 3.63) is 29.8 Å². The number of hydrogen-bond acceptors (Lipinski definition) is 3. The van der Waals surface area contributed by atoms with Crippen molar-refractivity contribution in [1.82, 2.24) is 0 Å². The molecule has 0 amide bonds. The number of carbonyl (C=O) groups is 1. The van der Waals surface area contributed by atoms with Crippen LogP contribution in [0, 0.1) is 6.92 Å². The van der Waals surface area contributed by atoms with Crippen LogP contribution in [-0.2, 0) is 14.6 Å². The summed E-state index contributed by atoms with van der Waals surface area (Å²) in [6.45, 7) is 4.05. The lowest BCUT2D eigenvalue weighted by Crippen LogP contribution is -2.30. The van der Waals surface area contributed by atoms with Crippen molar-refractivity contribution in [3.8, 4) is 0 Å². The highest BCUT2D eigenvalue weighted by atomic mass is 32.2. The molecule has 0 spiro atoms. The zero-order valence-corrected chi connectivity index (χ0v) is 15.6. The summed E-state index contributed by atoms with van der Waals surface area (Å²) in [7, 11) is -3.82. The Bertz CT molecular complexity index is 590. The summed E-state index contributed by atoms with van der Waals surface area (Å²) in [6, 6.07) is 6.38. The molecule has 0 aromatic heterocycles. The molecule has 0 heterocycles. The number of aryl methyl sites for hydroxylation is 1. The van der Waals surface area contributed by atoms with Gasteiger partial charge in [0.25, 0.3) is 0 Å². The Kier molecular flexibility index (Phi) is 9.04. The molecule has 5 heteroatoms. The van der Waals surface area contributed by atoms with Crippen molar-refractivity contribution in [2.75, 3.05) is 0 Å². The smallest absolute Gasteiger partial charge is 0.322 e. The summed E-state index contributed by atoms with van der Waals surface area (Å²) >= 11 is 0. The SMILES string of the molecule is CCCCCCCCCCC(C(=O)O)S(=O)(=O)c1ccc(C)cc1. The first kappa shape index (κ1) is 20.7. The van der Waals surface area contributed by atoms with E-state index in [4.69, 9.17) is 0 Å². The van der Waals surface area contributed by atoms with Crippen LogP contribution in [0.1, 0.15) is 70.3 Å². The summed E-state index contributed by atoms with van der Waals surface area (Å²) in [6.07, 6.45) is 8.82. The number of rotatable bonds is 12. The van der Waals surface area contributed by atoms with Crippen LogP contribution in [0.4, 0.5) is 0 Å². The molecule has 136 valence electrons. The van der Waals surface area contributed by atoms with Gasteiger partial charge >= 0.3 is 5.97 Å². The van der Waals surface area contributed by atoms with E-state index in [1.54, 1.807) is 12.1 Å². The first-order valence-electron chi connectivity index (χ1n) is 8.93. The largest absolute Gasteiger partial charge is 0.480 e. The van der Waals surface area contributed by atoms with E-state index in [1.807, 2.05) is 6.92 Å². The molecule has 1 unspecified atom stereocenters. The maximum Gasteiger partial charge on any atom is 0.322 e. The number of carboxylic acids is 1. The van der Waals surface area contributed by atoms with Crippen molar-refractivity contribution < 1.29 is 18.3 Å². The third kappa shape index (κ3) is 6.63. The topological polar surface area (TPSA) is 71.4 Å². The average molecular weight is 355 g/mol. The van der Waals surface area contributed by atoms with Gasteiger partial charge in [-0.2, -0.15) is 0 Å². The lowest BCUT2D eigenvalue weighted by atomic mass is 10.1. The molecule has 1 N–H and O–H groups in total. The molecule has 24 heavy (non-hydrogen) atoms. The molecule has 1 atom stereocenters. The molecule has 4 nitrogen and oxygen atoms in total. The highest BCUT2D eigenvalue weighted by molar-refractivity contribution is 7.92. The van der Waals surface area contributed by atoms with Gasteiger partial charge in [0.15, 0.2) is 15.1 Å². The van der Waals surface area contributed by atoms with Gasteiger partial charge < -0.3 is 5.11 Å². The molecule has 0 saturated heterocycles. The van der Waals surface area contributed by atoms with Crippen molar-refractivity contribution in [2.24, 2.45) is 0 Å². The van der Waals surface area contributed by atoms with Gasteiger partial charge in [-0.05, 0) is 25.5 Å². The predicted octanol–water partition coefficient (Wildman–Crippen LogP) is 4.75. The van der Waals surface area contributed by atoms with E-state index in [0.717, 1.165) is 24.8 Å². The molecule has 0 saturated carbocycles. The van der Waals surface area contributed by atoms with E-state index in [2.05, 4.69) is 6.92 Å². The van der Waals surface area contributed by atoms with Crippen molar-refractivity contribution in [2.45, 2.75) is 81.8 Å². The van der Waals surface area contributed by atoms with Gasteiger partial charge in [0.05, 0.1) is 4.90 Å². The third-order valence-electron chi connectivity index (χ3n) is 4.32. The van der Waals surface area contributed by atoms with Gasteiger partial charge in [-0.15, -0.1) is 0 Å². The summed E-state index contributed by atoms with van der Waals surface area (Å²) in [5.74, 6) is -1.25. The third-order valence-corrected chi connectivity index (χ3v) is 6.44. The second kappa shape index (κ2) is 10.5. The van der Waals surface area contributed by atoms with Crippen LogP contribution >= 0.6 is 0 Å². The summed E-state index contributed by atoms with van der Waals surface area (Å²) in [4.78, 5) is 11.5. The van der Waals surface area contributed by atoms with E-state index in [0.29, 0.717) is 6.42 Å². The number of sulfone groups is 1. The summed E-state index contributed by atoms with van der Waals surface area (Å²) in [5, 5.41) is 8.00. The van der Waals surface area contributed by atoms with E-state index < -0.39 is 21.1 Å². The lowest BCUT2D eigenvalue weighted by molar-refractivity contribution is -0.136. The van der Waals surface area contributed by atoms with E-state index in [-0.39, 0.29) is 11.3 Å². The molecule has 1 rings (SSSR count). The lowest BCUT2D eigenvalue weighted by Gasteiger charge is -2.14. The first-order valence-corrected chi connectivity index (χ1v) is 10.5. The number of hydrogen-bond donors (Lipinski definition) is 1. The Morgan fingerprint density at radius 2 is 1.46 bits per heavy atom. The normalized spacial score (nSPS) is 12.9. The van der Waals surface area contributed by atoms with Gasteiger partial charge in [-0.3, -0.25) is 4.79 Å². The fourth-order valence-electron chi connectivity index (χ4n) is 2.77. The Balaban J connectivity index is 2.52. The second-order valence-electron chi connectivity index (χ2n) is 6.45. The Morgan fingerprint density at radius 1 is 0.958 bits per heavy atom. The zero-order chi connectivity index (χ0) is 18.0. The average Bonchev–Trinajstić information content (AvgIpc) is 2.53. The van der Waals surface area contributed by atoms with Crippen LogP contribution in [0.15, 0.2) is 29.2 Å².